The molecular weight excluding hydrogens is 282 g/mol. The number of rotatable bonds is 10. The van der Waals surface area contributed by atoms with Crippen LogP contribution in [0.2, 0.25) is 0 Å². The molecule has 7 heteroatoms. The van der Waals surface area contributed by atoms with E-state index in [0.717, 1.165) is 18.8 Å². The number of carboxylic acids is 1. The van der Waals surface area contributed by atoms with Crippen LogP contribution in [-0.4, -0.2) is 43.6 Å². The molecule has 1 aromatic heterocycles. The number of aryl methyl sites for hydroxylation is 1. The van der Waals surface area contributed by atoms with E-state index in [1.165, 1.54) is 36.8 Å². The van der Waals surface area contributed by atoms with Gasteiger partial charge in [0.05, 0.1) is 5.75 Å². The first-order valence-corrected chi connectivity index (χ1v) is 8.76. The van der Waals surface area contributed by atoms with Crippen LogP contribution in [-0.2, 0) is 11.3 Å². The molecule has 0 aliphatic rings. The minimum atomic E-state index is -0.825. The van der Waals surface area contributed by atoms with E-state index in [9.17, 15) is 4.79 Å². The van der Waals surface area contributed by atoms with Crippen molar-refractivity contribution < 1.29 is 9.90 Å². The number of unbranched alkanes of at least 4 members (excludes halogenated alkanes) is 3. The summed E-state index contributed by atoms with van der Waals surface area (Å²) in [7, 11) is 0. The van der Waals surface area contributed by atoms with Crippen molar-refractivity contribution in [3.05, 3.63) is 5.82 Å². The SMILES string of the molecule is CSCCCCCCn1c(C)nnc1SCC(=O)O. The smallest absolute Gasteiger partial charge is 0.313 e. The van der Waals surface area contributed by atoms with Crippen molar-refractivity contribution >= 4 is 29.5 Å². The Labute approximate surface area is 122 Å². The van der Waals surface area contributed by atoms with Crippen molar-refractivity contribution in [1.29, 1.82) is 0 Å². The summed E-state index contributed by atoms with van der Waals surface area (Å²) in [5.74, 6) is 1.29. The Balaban J connectivity index is 2.35. The molecule has 1 aromatic rings. The first kappa shape index (κ1) is 16.4. The quantitative estimate of drug-likeness (QED) is 0.529. The second-order valence-electron chi connectivity index (χ2n) is 4.27. The second-order valence-corrected chi connectivity index (χ2v) is 6.20. The predicted molar refractivity (Wildman–Crippen MR) is 80.0 cm³/mol. The normalized spacial score (nSPS) is 10.8. The first-order valence-electron chi connectivity index (χ1n) is 6.38. The zero-order valence-electron chi connectivity index (χ0n) is 11.5. The van der Waals surface area contributed by atoms with Gasteiger partial charge in [0.25, 0.3) is 0 Å². The Kier molecular flexibility index (Phi) is 7.97. The number of carbonyl (C=O) groups is 1. The van der Waals surface area contributed by atoms with E-state index in [1.807, 2.05) is 23.3 Å². The van der Waals surface area contributed by atoms with Crippen LogP contribution in [0.1, 0.15) is 31.5 Å². The van der Waals surface area contributed by atoms with Crippen molar-refractivity contribution in [2.45, 2.75) is 44.3 Å². The van der Waals surface area contributed by atoms with E-state index in [0.29, 0.717) is 5.16 Å². The van der Waals surface area contributed by atoms with Gasteiger partial charge in [0.2, 0.25) is 0 Å². The van der Waals surface area contributed by atoms with Gasteiger partial charge in [0, 0.05) is 6.54 Å². The third-order valence-corrected chi connectivity index (χ3v) is 4.36. The molecule has 1 heterocycles. The molecule has 0 radical (unpaired) electrons. The van der Waals surface area contributed by atoms with Gasteiger partial charge in [-0.2, -0.15) is 11.8 Å². The Morgan fingerprint density at radius 2 is 2.00 bits per heavy atom. The van der Waals surface area contributed by atoms with Gasteiger partial charge >= 0.3 is 5.97 Å². The van der Waals surface area contributed by atoms with E-state index >= 15 is 0 Å². The van der Waals surface area contributed by atoms with E-state index in [-0.39, 0.29) is 5.75 Å². The standard InChI is InChI=1S/C12H21N3O2S2/c1-10-13-14-12(19-9-11(16)17)15(10)7-5-3-4-6-8-18-2/h3-9H2,1-2H3,(H,16,17). The zero-order valence-corrected chi connectivity index (χ0v) is 13.1. The van der Waals surface area contributed by atoms with E-state index < -0.39 is 5.97 Å². The molecule has 0 unspecified atom stereocenters. The van der Waals surface area contributed by atoms with Crippen LogP contribution in [0.5, 0.6) is 0 Å². The van der Waals surface area contributed by atoms with Gasteiger partial charge in [-0.15, -0.1) is 10.2 Å². The number of aliphatic carboxylic acids is 1. The summed E-state index contributed by atoms with van der Waals surface area (Å²) >= 11 is 3.12. The molecule has 0 saturated heterocycles. The maximum absolute atomic E-state index is 10.6. The topological polar surface area (TPSA) is 68.0 Å². The summed E-state index contributed by atoms with van der Waals surface area (Å²) in [6, 6.07) is 0. The molecule has 1 N–H and O–H groups in total. The molecule has 0 atom stereocenters. The van der Waals surface area contributed by atoms with Gasteiger partial charge in [0.1, 0.15) is 5.82 Å². The fourth-order valence-electron chi connectivity index (χ4n) is 1.72. The van der Waals surface area contributed by atoms with Gasteiger partial charge in [-0.1, -0.05) is 24.6 Å². The average molecular weight is 303 g/mol. The van der Waals surface area contributed by atoms with Crippen LogP contribution in [0.3, 0.4) is 0 Å². The lowest BCUT2D eigenvalue weighted by Crippen LogP contribution is -2.05. The predicted octanol–water partition coefficient (Wildman–Crippen LogP) is 2.69. The molecule has 0 fully saturated rings. The Morgan fingerprint density at radius 1 is 1.26 bits per heavy atom. The molecule has 0 saturated carbocycles. The van der Waals surface area contributed by atoms with Crippen molar-refractivity contribution in [3.63, 3.8) is 0 Å². The molecule has 0 spiro atoms. The second kappa shape index (κ2) is 9.25. The summed E-state index contributed by atoms with van der Waals surface area (Å²) in [6.07, 6.45) is 6.93. The highest BCUT2D eigenvalue weighted by Crippen LogP contribution is 2.17. The number of carboxylic acid groups (broad SMARTS) is 1. The summed E-state index contributed by atoms with van der Waals surface area (Å²) in [5.41, 5.74) is 0. The third kappa shape index (κ3) is 6.33. The van der Waals surface area contributed by atoms with Crippen LogP contribution in [0.15, 0.2) is 5.16 Å². The summed E-state index contributed by atoms with van der Waals surface area (Å²) in [6.45, 7) is 2.78. The number of hydrogen-bond donors (Lipinski definition) is 1. The van der Waals surface area contributed by atoms with Gasteiger partial charge in [0.15, 0.2) is 5.16 Å². The maximum atomic E-state index is 10.6. The average Bonchev–Trinajstić information content (AvgIpc) is 2.72. The lowest BCUT2D eigenvalue weighted by molar-refractivity contribution is -0.133. The summed E-state index contributed by atoms with van der Waals surface area (Å²) in [5, 5.41) is 17.4. The molecule has 0 amide bonds. The third-order valence-electron chi connectivity index (χ3n) is 2.71. The number of thioether (sulfide) groups is 2. The van der Waals surface area contributed by atoms with Gasteiger partial charge in [-0.25, -0.2) is 0 Å². The molecule has 0 aliphatic carbocycles. The van der Waals surface area contributed by atoms with Crippen LogP contribution in [0.4, 0.5) is 0 Å². The minimum absolute atomic E-state index is 0.0336. The fourth-order valence-corrected chi connectivity index (χ4v) is 2.95. The summed E-state index contributed by atoms with van der Waals surface area (Å²) < 4.78 is 2.02. The summed E-state index contributed by atoms with van der Waals surface area (Å²) in [4.78, 5) is 10.6. The largest absolute Gasteiger partial charge is 0.481 e. The van der Waals surface area contributed by atoms with Crippen molar-refractivity contribution in [3.8, 4) is 0 Å². The highest BCUT2D eigenvalue weighted by Gasteiger charge is 2.10. The maximum Gasteiger partial charge on any atom is 0.313 e. The number of hydrogen-bond acceptors (Lipinski definition) is 5. The monoisotopic (exact) mass is 303 g/mol. The number of aromatic nitrogens is 3. The molecule has 19 heavy (non-hydrogen) atoms. The van der Waals surface area contributed by atoms with E-state index in [2.05, 4.69) is 16.5 Å². The molecule has 0 aromatic carbocycles. The zero-order chi connectivity index (χ0) is 14.1. The molecule has 0 bridgehead atoms. The van der Waals surface area contributed by atoms with Gasteiger partial charge in [-0.3, -0.25) is 4.79 Å². The lowest BCUT2D eigenvalue weighted by atomic mass is 10.2. The number of nitrogens with zero attached hydrogens (tertiary/aromatic N) is 3. The van der Waals surface area contributed by atoms with Gasteiger partial charge < -0.3 is 9.67 Å². The lowest BCUT2D eigenvalue weighted by Gasteiger charge is -2.07. The fraction of sp³-hybridized carbons (Fsp3) is 0.750. The Hall–Kier alpha value is -0.690. The highest BCUT2D eigenvalue weighted by atomic mass is 32.2. The molecule has 0 aliphatic heterocycles. The molecule has 108 valence electrons. The highest BCUT2D eigenvalue weighted by molar-refractivity contribution is 7.99. The van der Waals surface area contributed by atoms with Gasteiger partial charge in [-0.05, 0) is 31.8 Å². The van der Waals surface area contributed by atoms with Crippen molar-refractivity contribution in [2.24, 2.45) is 0 Å². The van der Waals surface area contributed by atoms with Crippen LogP contribution < -0.4 is 0 Å². The van der Waals surface area contributed by atoms with E-state index in [4.69, 9.17) is 5.11 Å². The van der Waals surface area contributed by atoms with Crippen LogP contribution in [0, 0.1) is 6.92 Å². The molecule has 1 rings (SSSR count). The van der Waals surface area contributed by atoms with E-state index in [1.54, 1.807) is 0 Å². The van der Waals surface area contributed by atoms with Crippen LogP contribution >= 0.6 is 23.5 Å². The first-order chi connectivity index (χ1) is 9.15. The minimum Gasteiger partial charge on any atom is -0.481 e. The van der Waals surface area contributed by atoms with Crippen molar-refractivity contribution in [2.75, 3.05) is 17.8 Å². The van der Waals surface area contributed by atoms with Crippen LogP contribution in [0.25, 0.3) is 0 Å². The van der Waals surface area contributed by atoms with Crippen molar-refractivity contribution in [1.82, 2.24) is 14.8 Å². The Morgan fingerprint density at radius 3 is 2.68 bits per heavy atom. The Bertz CT molecular complexity index is 396. The molecular formula is C12H21N3O2S2. The molecule has 5 nitrogen and oxygen atoms in total.